The maximum Gasteiger partial charge on any atom is 0.272 e. The van der Waals surface area contributed by atoms with Crippen LogP contribution in [-0.2, 0) is 0 Å². The van der Waals surface area contributed by atoms with E-state index in [0.717, 1.165) is 31.6 Å². The van der Waals surface area contributed by atoms with Crippen molar-refractivity contribution in [3.8, 4) is 0 Å². The maximum absolute atomic E-state index is 12.2. The maximum atomic E-state index is 12.2. The fraction of sp³-hybridized carbons (Fsp3) is 0. The number of hydrazone groups is 1. The van der Waals surface area contributed by atoms with Gasteiger partial charge in [-0.3, -0.25) is 9.78 Å². The summed E-state index contributed by atoms with van der Waals surface area (Å²) in [4.78, 5) is 16.2. The van der Waals surface area contributed by atoms with Gasteiger partial charge in [0.2, 0.25) is 0 Å². The van der Waals surface area contributed by atoms with Crippen molar-refractivity contribution in [3.63, 3.8) is 0 Å². The Balaban J connectivity index is 1.71. The molecular formula is C21H14BrN3O. The zero-order valence-corrected chi connectivity index (χ0v) is 15.3. The van der Waals surface area contributed by atoms with E-state index in [1.165, 1.54) is 6.20 Å². The summed E-state index contributed by atoms with van der Waals surface area (Å²) in [5, 5.41) is 8.63. The molecule has 4 rings (SSSR count). The monoisotopic (exact) mass is 403 g/mol. The normalized spacial score (nSPS) is 11.3. The predicted molar refractivity (Wildman–Crippen MR) is 108 cm³/mol. The van der Waals surface area contributed by atoms with E-state index < -0.39 is 0 Å². The van der Waals surface area contributed by atoms with E-state index >= 15 is 0 Å². The van der Waals surface area contributed by atoms with E-state index in [1.807, 2.05) is 24.3 Å². The molecule has 0 aliphatic carbocycles. The van der Waals surface area contributed by atoms with Gasteiger partial charge in [0.25, 0.3) is 5.91 Å². The van der Waals surface area contributed by atoms with Crippen molar-refractivity contribution in [2.24, 2.45) is 5.10 Å². The van der Waals surface area contributed by atoms with Gasteiger partial charge in [0.15, 0.2) is 0 Å². The number of amides is 1. The third-order valence-electron chi connectivity index (χ3n) is 4.14. The first-order valence-electron chi connectivity index (χ1n) is 8.07. The van der Waals surface area contributed by atoms with Gasteiger partial charge >= 0.3 is 0 Å². The second-order valence-corrected chi connectivity index (χ2v) is 6.74. The molecule has 0 aliphatic rings. The van der Waals surface area contributed by atoms with E-state index in [9.17, 15) is 4.79 Å². The Hall–Kier alpha value is -3.05. The third kappa shape index (κ3) is 3.21. The summed E-state index contributed by atoms with van der Waals surface area (Å²) in [5.41, 5.74) is 4.00. The molecule has 5 heteroatoms. The molecule has 26 heavy (non-hydrogen) atoms. The van der Waals surface area contributed by atoms with Crippen molar-refractivity contribution in [2.75, 3.05) is 0 Å². The number of rotatable bonds is 3. The summed E-state index contributed by atoms with van der Waals surface area (Å²) < 4.78 is 0.745. The predicted octanol–water partition coefficient (Wildman–Crippen LogP) is 4.91. The number of aromatic nitrogens is 1. The van der Waals surface area contributed by atoms with Gasteiger partial charge in [-0.05, 0) is 49.6 Å². The van der Waals surface area contributed by atoms with E-state index in [2.05, 4.69) is 61.8 Å². The van der Waals surface area contributed by atoms with Gasteiger partial charge in [-0.2, -0.15) is 5.10 Å². The minimum Gasteiger partial charge on any atom is -0.267 e. The summed E-state index contributed by atoms with van der Waals surface area (Å²) in [5.74, 6) is -0.306. The number of hydrogen-bond donors (Lipinski definition) is 1. The molecule has 3 aromatic carbocycles. The lowest BCUT2D eigenvalue weighted by Crippen LogP contribution is -2.17. The van der Waals surface area contributed by atoms with Crippen LogP contribution in [0.2, 0.25) is 0 Å². The highest BCUT2D eigenvalue weighted by atomic mass is 79.9. The molecule has 0 bridgehead atoms. The van der Waals surface area contributed by atoms with Gasteiger partial charge in [0, 0.05) is 22.4 Å². The van der Waals surface area contributed by atoms with Crippen molar-refractivity contribution in [1.29, 1.82) is 0 Å². The van der Waals surface area contributed by atoms with Crippen molar-refractivity contribution in [1.82, 2.24) is 10.4 Å². The lowest BCUT2D eigenvalue weighted by atomic mass is 9.97. The highest BCUT2D eigenvalue weighted by molar-refractivity contribution is 9.10. The molecule has 1 N–H and O–H groups in total. The number of benzene rings is 3. The molecule has 0 atom stereocenters. The molecule has 0 unspecified atom stereocenters. The van der Waals surface area contributed by atoms with Gasteiger partial charge in [-0.1, -0.05) is 48.5 Å². The van der Waals surface area contributed by atoms with Crippen LogP contribution < -0.4 is 5.43 Å². The van der Waals surface area contributed by atoms with E-state index in [0.29, 0.717) is 5.56 Å². The summed E-state index contributed by atoms with van der Waals surface area (Å²) >= 11 is 3.31. The molecule has 0 saturated carbocycles. The Morgan fingerprint density at radius 1 is 0.962 bits per heavy atom. The van der Waals surface area contributed by atoms with Crippen LogP contribution in [0.1, 0.15) is 15.9 Å². The van der Waals surface area contributed by atoms with Crippen LogP contribution in [0.25, 0.3) is 21.5 Å². The number of halogens is 1. The van der Waals surface area contributed by atoms with Crippen molar-refractivity contribution in [3.05, 3.63) is 88.7 Å². The molecular weight excluding hydrogens is 390 g/mol. The summed E-state index contributed by atoms with van der Waals surface area (Å²) in [6.07, 6.45) is 4.83. The highest BCUT2D eigenvalue weighted by Gasteiger charge is 2.07. The topological polar surface area (TPSA) is 54.4 Å². The van der Waals surface area contributed by atoms with Crippen LogP contribution >= 0.6 is 15.9 Å². The second kappa shape index (κ2) is 7.06. The van der Waals surface area contributed by atoms with Crippen LogP contribution in [0.4, 0.5) is 0 Å². The number of carbonyl (C=O) groups is 1. The molecule has 1 heterocycles. The molecule has 0 aliphatic heterocycles. The lowest BCUT2D eigenvalue weighted by Gasteiger charge is -2.08. The van der Waals surface area contributed by atoms with Crippen molar-refractivity contribution >= 4 is 49.6 Å². The molecule has 1 amide bonds. The van der Waals surface area contributed by atoms with Crippen LogP contribution in [0.15, 0.2) is 82.6 Å². The quantitative estimate of drug-likeness (QED) is 0.300. The van der Waals surface area contributed by atoms with E-state index in [4.69, 9.17) is 0 Å². The largest absolute Gasteiger partial charge is 0.272 e. The van der Waals surface area contributed by atoms with E-state index in [1.54, 1.807) is 18.5 Å². The fourth-order valence-electron chi connectivity index (χ4n) is 2.94. The first-order chi connectivity index (χ1) is 12.7. The third-order valence-corrected chi connectivity index (χ3v) is 4.57. The van der Waals surface area contributed by atoms with Crippen LogP contribution in [0, 0.1) is 0 Å². The lowest BCUT2D eigenvalue weighted by molar-refractivity contribution is 0.0954. The first-order valence-corrected chi connectivity index (χ1v) is 8.86. The van der Waals surface area contributed by atoms with Crippen LogP contribution in [0.5, 0.6) is 0 Å². The minimum absolute atomic E-state index is 0.306. The Kier molecular flexibility index (Phi) is 4.46. The van der Waals surface area contributed by atoms with Gasteiger partial charge in [-0.15, -0.1) is 0 Å². The average molecular weight is 404 g/mol. The zero-order valence-electron chi connectivity index (χ0n) is 13.7. The summed E-state index contributed by atoms with van der Waals surface area (Å²) in [7, 11) is 0. The molecule has 1 aromatic heterocycles. The Labute approximate surface area is 158 Å². The van der Waals surface area contributed by atoms with Crippen LogP contribution in [0.3, 0.4) is 0 Å². The fourth-order valence-corrected chi connectivity index (χ4v) is 3.31. The average Bonchev–Trinajstić information content (AvgIpc) is 2.67. The highest BCUT2D eigenvalue weighted by Crippen LogP contribution is 2.27. The molecule has 4 nitrogen and oxygen atoms in total. The smallest absolute Gasteiger partial charge is 0.267 e. The number of carbonyl (C=O) groups excluding carboxylic acids is 1. The number of fused-ring (bicyclic) bond motifs is 2. The first kappa shape index (κ1) is 16.4. The molecule has 0 fully saturated rings. The minimum atomic E-state index is -0.306. The SMILES string of the molecule is O=C(NN=Cc1c2ccccc2cc2ccccc12)c1cncc(Br)c1. The zero-order chi connectivity index (χ0) is 17.9. The van der Waals surface area contributed by atoms with Gasteiger partial charge < -0.3 is 0 Å². The molecule has 0 saturated heterocycles. The Morgan fingerprint density at radius 3 is 2.27 bits per heavy atom. The van der Waals surface area contributed by atoms with Crippen LogP contribution in [-0.4, -0.2) is 17.1 Å². The number of nitrogens with one attached hydrogen (secondary N) is 1. The van der Waals surface area contributed by atoms with Gasteiger partial charge in [0.05, 0.1) is 11.8 Å². The Morgan fingerprint density at radius 2 is 1.62 bits per heavy atom. The van der Waals surface area contributed by atoms with Crippen molar-refractivity contribution < 1.29 is 4.79 Å². The number of pyridine rings is 1. The number of nitrogens with zero attached hydrogens (tertiary/aromatic N) is 2. The van der Waals surface area contributed by atoms with Gasteiger partial charge in [-0.25, -0.2) is 5.43 Å². The van der Waals surface area contributed by atoms with Crippen molar-refractivity contribution in [2.45, 2.75) is 0 Å². The number of hydrogen-bond acceptors (Lipinski definition) is 3. The summed E-state index contributed by atoms with van der Waals surface area (Å²) in [6, 6.07) is 20.2. The van der Waals surface area contributed by atoms with E-state index in [-0.39, 0.29) is 5.91 Å². The van der Waals surface area contributed by atoms with Gasteiger partial charge in [0.1, 0.15) is 0 Å². The molecule has 0 spiro atoms. The summed E-state index contributed by atoms with van der Waals surface area (Å²) in [6.45, 7) is 0. The second-order valence-electron chi connectivity index (χ2n) is 5.82. The Bertz CT molecular complexity index is 1100. The molecule has 0 radical (unpaired) electrons. The molecule has 4 aromatic rings. The standard InChI is InChI=1S/C21H14BrN3O/c22-17-10-16(11-23-12-17)21(26)25-24-13-20-18-7-3-1-5-14(18)9-15-6-2-4-8-19(15)20/h1-13H,(H,25,26). The molecule has 126 valence electrons.